The molecule has 6 nitrogen and oxygen atoms in total. The minimum Gasteiger partial charge on any atom is -0.480 e. The molecule has 0 unspecified atom stereocenters. The van der Waals surface area contributed by atoms with Crippen LogP contribution < -0.4 is 4.72 Å². The number of carboxylic acids is 1. The molecule has 0 fully saturated rings. The zero-order valence-electron chi connectivity index (χ0n) is 15.7. The van der Waals surface area contributed by atoms with Crippen molar-refractivity contribution in [2.45, 2.75) is 4.90 Å². The van der Waals surface area contributed by atoms with Gasteiger partial charge in [0.25, 0.3) is 0 Å². The summed E-state index contributed by atoms with van der Waals surface area (Å²) >= 11 is 0. The third kappa shape index (κ3) is 3.56. The van der Waals surface area contributed by atoms with Gasteiger partial charge in [-0.2, -0.15) is 4.72 Å². The molecule has 2 N–H and O–H groups in total. The van der Waals surface area contributed by atoms with Gasteiger partial charge in [0.05, 0.1) is 4.90 Å². The molecule has 0 amide bonds. The molecular formula is C23H17NO5S. The molecule has 1 aliphatic rings. The molecule has 4 rings (SSSR count). The van der Waals surface area contributed by atoms with E-state index in [1.165, 1.54) is 12.1 Å². The number of hydrogen-bond acceptors (Lipinski definition) is 4. The highest BCUT2D eigenvalue weighted by Gasteiger charge is 2.31. The number of hydrogen-bond donors (Lipinski definition) is 2. The van der Waals surface area contributed by atoms with Crippen molar-refractivity contribution < 1.29 is 23.1 Å². The molecule has 0 atom stereocenters. The smallest absolute Gasteiger partial charge is 0.318 e. The third-order valence-corrected chi connectivity index (χ3v) is 6.26. The molecule has 7 heteroatoms. The average Bonchev–Trinajstić information content (AvgIpc) is 3.06. The second-order valence-corrected chi connectivity index (χ2v) is 8.50. The molecule has 0 spiro atoms. The predicted molar refractivity (Wildman–Crippen MR) is 112 cm³/mol. The van der Waals surface area contributed by atoms with Gasteiger partial charge in [-0.3, -0.25) is 9.59 Å². The summed E-state index contributed by atoms with van der Waals surface area (Å²) in [6, 6.07) is 22.8. The minimum atomic E-state index is -3.96. The maximum Gasteiger partial charge on any atom is 0.318 e. The van der Waals surface area contributed by atoms with Gasteiger partial charge in [-0.25, -0.2) is 8.42 Å². The Morgan fingerprint density at radius 1 is 0.767 bits per heavy atom. The third-order valence-electron chi connectivity index (χ3n) is 4.85. The maximum absolute atomic E-state index is 13.2. The molecule has 0 saturated carbocycles. The van der Waals surface area contributed by atoms with E-state index in [-0.39, 0.29) is 10.7 Å². The molecule has 0 aromatic heterocycles. The van der Waals surface area contributed by atoms with Crippen LogP contribution in [0.3, 0.4) is 0 Å². The molecule has 0 heterocycles. The average molecular weight is 419 g/mol. The van der Waals surface area contributed by atoms with E-state index in [9.17, 15) is 18.0 Å². The van der Waals surface area contributed by atoms with E-state index in [1.807, 2.05) is 53.3 Å². The fourth-order valence-corrected chi connectivity index (χ4v) is 4.48. The highest BCUT2D eigenvalue weighted by molar-refractivity contribution is 7.89. The number of benzene rings is 3. The molecule has 0 radical (unpaired) electrons. The Morgan fingerprint density at radius 3 is 1.97 bits per heavy atom. The number of ketones is 1. The lowest BCUT2D eigenvalue weighted by Gasteiger charge is -2.10. The fourth-order valence-electron chi connectivity index (χ4n) is 3.50. The van der Waals surface area contributed by atoms with Crippen LogP contribution in [0, 0.1) is 0 Å². The number of carbonyl (C=O) groups excluding carboxylic acids is 1. The lowest BCUT2D eigenvalue weighted by atomic mass is 9.94. The summed E-state index contributed by atoms with van der Waals surface area (Å²) < 4.78 is 26.5. The van der Waals surface area contributed by atoms with Crippen molar-refractivity contribution in [1.82, 2.24) is 4.72 Å². The van der Waals surface area contributed by atoms with Crippen LogP contribution >= 0.6 is 0 Å². The first-order chi connectivity index (χ1) is 14.4. The van der Waals surface area contributed by atoms with Crippen LogP contribution in [-0.2, 0) is 14.8 Å². The molecule has 30 heavy (non-hydrogen) atoms. The number of carbonyl (C=O) groups is 2. The standard InChI is InChI=1S/C23H17NO5S/c25-20(26)14-24-30(28,29)17-12-10-16(11-13-17)22-21(15-6-2-1-3-7-15)18-8-4-5-9-19(18)23(22)27/h1-13,24H,14H2,(H,25,26). The zero-order valence-corrected chi connectivity index (χ0v) is 16.5. The van der Waals surface area contributed by atoms with Crippen molar-refractivity contribution in [1.29, 1.82) is 0 Å². The molecule has 150 valence electrons. The number of aliphatic carboxylic acids is 1. The van der Waals surface area contributed by atoms with Gasteiger partial charge in [0.2, 0.25) is 10.0 Å². The maximum atomic E-state index is 13.2. The highest BCUT2D eigenvalue weighted by atomic mass is 32.2. The van der Waals surface area contributed by atoms with E-state index in [0.717, 1.165) is 16.7 Å². The first-order valence-corrected chi connectivity index (χ1v) is 10.6. The van der Waals surface area contributed by atoms with Gasteiger partial charge in [-0.05, 0) is 28.8 Å². The fraction of sp³-hybridized carbons (Fsp3) is 0.0435. The van der Waals surface area contributed by atoms with Crippen LogP contribution in [0.1, 0.15) is 27.0 Å². The molecule has 1 aliphatic carbocycles. The number of rotatable bonds is 6. The van der Waals surface area contributed by atoms with Crippen LogP contribution in [0.15, 0.2) is 83.8 Å². The zero-order chi connectivity index (χ0) is 21.3. The second kappa shape index (κ2) is 7.70. The van der Waals surface area contributed by atoms with Crippen LogP contribution in [0.25, 0.3) is 11.1 Å². The molecular weight excluding hydrogens is 402 g/mol. The number of fused-ring (bicyclic) bond motifs is 1. The number of carboxylic acid groups (broad SMARTS) is 1. The molecule has 3 aromatic carbocycles. The Bertz CT molecular complexity index is 1280. The van der Waals surface area contributed by atoms with Crippen molar-refractivity contribution in [2.24, 2.45) is 0 Å². The SMILES string of the molecule is O=C(O)CNS(=O)(=O)c1ccc(C2=C(c3ccccc3)c3ccccc3C2=O)cc1. The van der Waals surface area contributed by atoms with Crippen molar-refractivity contribution in [3.63, 3.8) is 0 Å². The Labute approximate surface area is 173 Å². The van der Waals surface area contributed by atoms with Crippen LogP contribution in [-0.4, -0.2) is 31.8 Å². The molecule has 0 aliphatic heterocycles. The second-order valence-electron chi connectivity index (χ2n) is 6.73. The Kier molecular flexibility index (Phi) is 5.07. The highest BCUT2D eigenvalue weighted by Crippen LogP contribution is 2.42. The summed E-state index contributed by atoms with van der Waals surface area (Å²) in [4.78, 5) is 23.8. The summed E-state index contributed by atoms with van der Waals surface area (Å²) in [6.07, 6.45) is 0. The van der Waals surface area contributed by atoms with E-state index < -0.39 is 22.5 Å². The Morgan fingerprint density at radius 2 is 1.33 bits per heavy atom. The van der Waals surface area contributed by atoms with Crippen molar-refractivity contribution in [3.05, 3.63) is 101 Å². The number of Topliss-reactive ketones (excluding diaryl/α,β-unsaturated/α-hetero) is 1. The molecule has 0 bridgehead atoms. The summed E-state index contributed by atoms with van der Waals surface area (Å²) in [6.45, 7) is -0.707. The largest absolute Gasteiger partial charge is 0.480 e. The lowest BCUT2D eigenvalue weighted by molar-refractivity contribution is -0.135. The number of nitrogens with one attached hydrogen (secondary N) is 1. The lowest BCUT2D eigenvalue weighted by Crippen LogP contribution is -2.29. The van der Waals surface area contributed by atoms with E-state index >= 15 is 0 Å². The van der Waals surface area contributed by atoms with Gasteiger partial charge >= 0.3 is 5.97 Å². The summed E-state index contributed by atoms with van der Waals surface area (Å²) in [5, 5.41) is 8.69. The normalized spacial score (nSPS) is 13.4. The first-order valence-electron chi connectivity index (χ1n) is 9.14. The van der Waals surface area contributed by atoms with Gasteiger partial charge in [-0.15, -0.1) is 0 Å². The van der Waals surface area contributed by atoms with Gasteiger partial charge in [0.1, 0.15) is 6.54 Å². The van der Waals surface area contributed by atoms with E-state index in [1.54, 1.807) is 18.2 Å². The van der Waals surface area contributed by atoms with Crippen LogP contribution in [0.5, 0.6) is 0 Å². The quantitative estimate of drug-likeness (QED) is 0.639. The number of allylic oxidation sites excluding steroid dienone is 1. The summed E-state index contributed by atoms with van der Waals surface area (Å²) in [5.74, 6) is -1.40. The van der Waals surface area contributed by atoms with E-state index in [0.29, 0.717) is 16.7 Å². The Balaban J connectivity index is 1.80. The summed E-state index contributed by atoms with van der Waals surface area (Å²) in [5.41, 5.74) is 4.23. The van der Waals surface area contributed by atoms with Crippen molar-refractivity contribution >= 4 is 32.9 Å². The van der Waals surface area contributed by atoms with Crippen LogP contribution in [0.2, 0.25) is 0 Å². The monoisotopic (exact) mass is 419 g/mol. The van der Waals surface area contributed by atoms with Gasteiger partial charge in [0, 0.05) is 16.7 Å². The number of sulfonamides is 1. The van der Waals surface area contributed by atoms with Gasteiger partial charge in [0.15, 0.2) is 5.78 Å². The summed E-state index contributed by atoms with van der Waals surface area (Å²) in [7, 11) is -3.96. The van der Waals surface area contributed by atoms with Gasteiger partial charge < -0.3 is 5.11 Å². The molecule has 3 aromatic rings. The van der Waals surface area contributed by atoms with Crippen LogP contribution in [0.4, 0.5) is 0 Å². The predicted octanol–water partition coefficient (Wildman–Crippen LogP) is 3.20. The Hall–Kier alpha value is -3.55. The first kappa shape index (κ1) is 19.8. The van der Waals surface area contributed by atoms with Gasteiger partial charge in [-0.1, -0.05) is 66.7 Å². The van der Waals surface area contributed by atoms with E-state index in [2.05, 4.69) is 0 Å². The minimum absolute atomic E-state index is 0.0719. The topological polar surface area (TPSA) is 101 Å². The van der Waals surface area contributed by atoms with E-state index in [4.69, 9.17) is 5.11 Å². The van der Waals surface area contributed by atoms with Crippen molar-refractivity contribution in [3.8, 4) is 0 Å². The molecule has 0 saturated heterocycles. The van der Waals surface area contributed by atoms with Crippen molar-refractivity contribution in [2.75, 3.05) is 6.54 Å².